The number of aromatic nitrogens is 1. The second-order valence-corrected chi connectivity index (χ2v) is 13.5. The van der Waals surface area contributed by atoms with Crippen LogP contribution in [-0.4, -0.2) is 27.4 Å². The molecule has 1 aromatic heterocycles. The Morgan fingerprint density at radius 1 is 1.12 bits per heavy atom. The standard InChI is InChI=1S/C34H44F2N2O2/c1-3-23-6-8-27(9-7-23)34(40)14-10-24(11-15-34)17-25-18-28-5-4-13-33(28,20-25)31(39)38-16-12-30-26(22-38)19-29(21-37-30)32(2,35)36/h6-9,19,21,24-25,28,40H,3-5,10-18,20,22H2,1-2H3/t24?,25-,28-,33-,34?/m1/s1. The third kappa shape index (κ3) is 5.10. The van der Waals surface area contributed by atoms with Crippen LogP contribution in [0.1, 0.15) is 106 Å². The molecule has 3 atom stereocenters. The normalized spacial score (nSPS) is 32.1. The van der Waals surface area contributed by atoms with Gasteiger partial charge in [0.1, 0.15) is 0 Å². The number of halogens is 2. The predicted molar refractivity (Wildman–Crippen MR) is 152 cm³/mol. The predicted octanol–water partition coefficient (Wildman–Crippen LogP) is 7.31. The first-order chi connectivity index (χ1) is 19.1. The van der Waals surface area contributed by atoms with E-state index in [2.05, 4.69) is 36.2 Å². The lowest BCUT2D eigenvalue weighted by Crippen LogP contribution is -2.46. The van der Waals surface area contributed by atoms with E-state index in [-0.39, 0.29) is 16.9 Å². The van der Waals surface area contributed by atoms with Crippen molar-refractivity contribution in [1.29, 1.82) is 0 Å². The molecule has 6 rings (SSSR count). The van der Waals surface area contributed by atoms with E-state index in [0.29, 0.717) is 37.3 Å². The van der Waals surface area contributed by atoms with Crippen LogP contribution in [0.5, 0.6) is 0 Å². The van der Waals surface area contributed by atoms with E-state index in [9.17, 15) is 18.7 Å². The van der Waals surface area contributed by atoms with Gasteiger partial charge < -0.3 is 10.0 Å². The van der Waals surface area contributed by atoms with Crippen molar-refractivity contribution in [2.24, 2.45) is 23.2 Å². The third-order valence-electron chi connectivity index (χ3n) is 11.0. The largest absolute Gasteiger partial charge is 0.385 e. The highest BCUT2D eigenvalue weighted by molar-refractivity contribution is 5.84. The number of carbonyl (C=O) groups excluding carboxylic acids is 1. The monoisotopic (exact) mass is 550 g/mol. The molecule has 2 aromatic rings. The van der Waals surface area contributed by atoms with Crippen molar-refractivity contribution in [3.63, 3.8) is 0 Å². The van der Waals surface area contributed by atoms with Crippen LogP contribution in [0.25, 0.3) is 0 Å². The highest BCUT2D eigenvalue weighted by atomic mass is 19.3. The van der Waals surface area contributed by atoms with Crippen LogP contribution in [0.2, 0.25) is 0 Å². The summed E-state index contributed by atoms with van der Waals surface area (Å²) in [6, 6.07) is 10.1. The molecule has 0 spiro atoms. The summed E-state index contributed by atoms with van der Waals surface area (Å²) in [5.41, 5.74) is 2.91. The number of aliphatic hydroxyl groups is 1. The number of pyridine rings is 1. The lowest BCUT2D eigenvalue weighted by atomic mass is 9.72. The first-order valence-corrected chi connectivity index (χ1v) is 15.6. The molecule has 4 aliphatic rings. The van der Waals surface area contributed by atoms with E-state index >= 15 is 0 Å². The Bertz CT molecular complexity index is 1230. The molecule has 40 heavy (non-hydrogen) atoms. The molecule has 1 amide bonds. The minimum absolute atomic E-state index is 0.0734. The number of alkyl halides is 2. The zero-order chi connectivity index (χ0) is 28.1. The minimum atomic E-state index is -2.93. The number of aryl methyl sites for hydroxylation is 1. The Hall–Kier alpha value is -2.34. The highest BCUT2D eigenvalue weighted by Crippen LogP contribution is 2.59. The summed E-state index contributed by atoms with van der Waals surface area (Å²) < 4.78 is 27.9. The van der Waals surface area contributed by atoms with Crippen molar-refractivity contribution in [2.75, 3.05) is 6.54 Å². The van der Waals surface area contributed by atoms with E-state index in [0.717, 1.165) is 94.4 Å². The van der Waals surface area contributed by atoms with E-state index in [1.807, 2.05) is 4.90 Å². The molecule has 3 saturated carbocycles. The number of fused-ring (bicyclic) bond motifs is 2. The van der Waals surface area contributed by atoms with Crippen LogP contribution in [0, 0.1) is 23.2 Å². The van der Waals surface area contributed by atoms with Gasteiger partial charge in [-0.3, -0.25) is 9.78 Å². The van der Waals surface area contributed by atoms with Crippen LogP contribution < -0.4 is 0 Å². The van der Waals surface area contributed by atoms with E-state index < -0.39 is 11.5 Å². The fourth-order valence-corrected chi connectivity index (χ4v) is 8.66. The molecule has 2 heterocycles. The Labute approximate surface area is 237 Å². The summed E-state index contributed by atoms with van der Waals surface area (Å²) in [4.78, 5) is 20.4. The van der Waals surface area contributed by atoms with Crippen LogP contribution in [0.4, 0.5) is 8.78 Å². The van der Waals surface area contributed by atoms with Gasteiger partial charge in [-0.1, -0.05) is 37.6 Å². The van der Waals surface area contributed by atoms with Gasteiger partial charge in [0.25, 0.3) is 5.92 Å². The molecule has 4 nitrogen and oxygen atoms in total. The molecule has 0 radical (unpaired) electrons. The van der Waals surface area contributed by atoms with Crippen molar-refractivity contribution in [3.8, 4) is 0 Å². The van der Waals surface area contributed by atoms with Gasteiger partial charge in [-0.2, -0.15) is 0 Å². The molecule has 1 N–H and O–H groups in total. The maximum absolute atomic E-state index is 14.1. The van der Waals surface area contributed by atoms with Crippen molar-refractivity contribution in [3.05, 3.63) is 64.5 Å². The summed E-state index contributed by atoms with van der Waals surface area (Å²) in [5, 5.41) is 11.4. The number of amides is 1. The summed E-state index contributed by atoms with van der Waals surface area (Å²) in [6.07, 6.45) is 13.0. The Kier molecular flexibility index (Phi) is 7.29. The van der Waals surface area contributed by atoms with Crippen molar-refractivity contribution < 1.29 is 18.7 Å². The second kappa shape index (κ2) is 10.5. The van der Waals surface area contributed by atoms with Gasteiger partial charge >= 0.3 is 0 Å². The molecule has 3 fully saturated rings. The molecule has 3 aliphatic carbocycles. The van der Waals surface area contributed by atoms with Gasteiger partial charge in [0, 0.05) is 43.9 Å². The number of nitrogens with zero attached hydrogens (tertiary/aromatic N) is 2. The summed E-state index contributed by atoms with van der Waals surface area (Å²) >= 11 is 0. The van der Waals surface area contributed by atoms with Gasteiger partial charge in [0.2, 0.25) is 5.91 Å². The molecule has 216 valence electrons. The second-order valence-electron chi connectivity index (χ2n) is 13.5. The van der Waals surface area contributed by atoms with Gasteiger partial charge in [0.05, 0.1) is 11.0 Å². The van der Waals surface area contributed by atoms with Crippen LogP contribution >= 0.6 is 0 Å². The van der Waals surface area contributed by atoms with Gasteiger partial charge in [0.15, 0.2) is 0 Å². The van der Waals surface area contributed by atoms with Gasteiger partial charge in [-0.25, -0.2) is 8.78 Å². The molecule has 1 aliphatic heterocycles. The molecule has 1 aromatic carbocycles. The minimum Gasteiger partial charge on any atom is -0.385 e. The molecule has 0 unspecified atom stereocenters. The Morgan fingerprint density at radius 3 is 2.58 bits per heavy atom. The summed E-state index contributed by atoms with van der Waals surface area (Å²) in [5.74, 6) is -1.08. The summed E-state index contributed by atoms with van der Waals surface area (Å²) in [6.45, 7) is 4.07. The molecule has 6 heteroatoms. The maximum Gasteiger partial charge on any atom is 0.272 e. The lowest BCUT2D eigenvalue weighted by molar-refractivity contribution is -0.144. The molecular weight excluding hydrogens is 506 g/mol. The zero-order valence-electron chi connectivity index (χ0n) is 24.1. The highest BCUT2D eigenvalue weighted by Gasteiger charge is 2.56. The zero-order valence-corrected chi connectivity index (χ0v) is 24.1. The first kappa shape index (κ1) is 27.8. The van der Waals surface area contributed by atoms with Crippen LogP contribution in [0.3, 0.4) is 0 Å². The Morgan fingerprint density at radius 2 is 1.88 bits per heavy atom. The lowest BCUT2D eigenvalue weighted by Gasteiger charge is -2.38. The van der Waals surface area contributed by atoms with E-state index in [4.69, 9.17) is 0 Å². The SMILES string of the molecule is CCc1ccc(C2(O)CCC(C[C@@H]3C[C@H]4CCC[C@@]4(C(=O)N4CCc5ncc(C(C)(F)F)cc5C4)C3)CC2)cc1. The fourth-order valence-electron chi connectivity index (χ4n) is 8.66. The topological polar surface area (TPSA) is 53.4 Å². The van der Waals surface area contributed by atoms with E-state index in [1.165, 1.54) is 11.8 Å². The van der Waals surface area contributed by atoms with Crippen LogP contribution in [-0.2, 0) is 35.7 Å². The number of hydrogen-bond acceptors (Lipinski definition) is 3. The number of carbonyl (C=O) groups is 1. The number of hydrogen-bond donors (Lipinski definition) is 1. The average Bonchev–Trinajstić information content (AvgIpc) is 3.51. The number of benzene rings is 1. The van der Waals surface area contributed by atoms with Gasteiger partial charge in [-0.15, -0.1) is 0 Å². The quantitative estimate of drug-likeness (QED) is 0.410. The Balaban J connectivity index is 1.09. The molecule has 0 bridgehead atoms. The smallest absolute Gasteiger partial charge is 0.272 e. The summed E-state index contributed by atoms with van der Waals surface area (Å²) in [7, 11) is 0. The van der Waals surface area contributed by atoms with Crippen LogP contribution in [0.15, 0.2) is 36.5 Å². The third-order valence-corrected chi connectivity index (χ3v) is 11.0. The fraction of sp³-hybridized carbons (Fsp3) is 0.647. The van der Waals surface area contributed by atoms with Crippen molar-refractivity contribution >= 4 is 5.91 Å². The van der Waals surface area contributed by atoms with Crippen molar-refractivity contribution in [1.82, 2.24) is 9.88 Å². The van der Waals surface area contributed by atoms with E-state index in [1.54, 1.807) is 6.07 Å². The maximum atomic E-state index is 14.1. The van der Waals surface area contributed by atoms with Gasteiger partial charge in [-0.05, 0) is 105 Å². The average molecular weight is 551 g/mol. The number of rotatable bonds is 6. The van der Waals surface area contributed by atoms with Crippen molar-refractivity contribution in [2.45, 2.75) is 109 Å². The molecule has 0 saturated heterocycles. The molecular formula is C34H44F2N2O2. The first-order valence-electron chi connectivity index (χ1n) is 15.6.